The quantitative estimate of drug-likeness (QED) is 0.652. The Kier molecular flexibility index (Phi) is 6.21. The third-order valence-electron chi connectivity index (χ3n) is 4.00. The van der Waals surface area contributed by atoms with Gasteiger partial charge in [0.05, 0.1) is 6.10 Å². The van der Waals surface area contributed by atoms with Crippen LogP contribution >= 0.6 is 0 Å². The predicted octanol–water partition coefficient (Wildman–Crippen LogP) is 4.09. The van der Waals surface area contributed by atoms with Crippen LogP contribution in [0.2, 0.25) is 0 Å². The molecule has 3 aromatic carbocycles. The Labute approximate surface area is 148 Å². The number of benzene rings is 3. The summed E-state index contributed by atoms with van der Waals surface area (Å²) in [7, 11) is 0. The van der Waals surface area contributed by atoms with Crippen molar-refractivity contribution in [2.45, 2.75) is 19.3 Å². The van der Waals surface area contributed by atoms with Crippen molar-refractivity contribution >= 4 is 0 Å². The molecule has 0 aromatic heterocycles. The minimum Gasteiger partial charge on any atom is -0.489 e. The van der Waals surface area contributed by atoms with E-state index in [1.165, 1.54) is 0 Å². The fourth-order valence-corrected chi connectivity index (χ4v) is 2.63. The van der Waals surface area contributed by atoms with Gasteiger partial charge in [-0.05, 0) is 28.8 Å². The molecular formula is C22H23NO2. The zero-order valence-electron chi connectivity index (χ0n) is 14.1. The third kappa shape index (κ3) is 5.45. The van der Waals surface area contributed by atoms with Crippen molar-refractivity contribution in [3.05, 3.63) is 102 Å². The van der Waals surface area contributed by atoms with Gasteiger partial charge in [-0.15, -0.1) is 0 Å². The van der Waals surface area contributed by atoms with Crippen molar-refractivity contribution in [1.82, 2.24) is 5.32 Å². The van der Waals surface area contributed by atoms with Crippen molar-refractivity contribution < 1.29 is 9.84 Å². The minimum absolute atomic E-state index is 0.501. The fourth-order valence-electron chi connectivity index (χ4n) is 2.63. The molecule has 1 atom stereocenters. The second-order valence-electron chi connectivity index (χ2n) is 5.98. The summed E-state index contributed by atoms with van der Waals surface area (Å²) in [4.78, 5) is 0. The molecule has 3 aromatic rings. The maximum atomic E-state index is 10.2. The van der Waals surface area contributed by atoms with Gasteiger partial charge in [-0.25, -0.2) is 0 Å². The first-order valence-corrected chi connectivity index (χ1v) is 8.50. The summed E-state index contributed by atoms with van der Waals surface area (Å²) < 4.78 is 5.85. The molecule has 0 heterocycles. The van der Waals surface area contributed by atoms with Crippen LogP contribution in [0.4, 0.5) is 0 Å². The molecule has 0 aliphatic carbocycles. The van der Waals surface area contributed by atoms with Crippen LogP contribution in [0.5, 0.6) is 5.75 Å². The molecule has 0 amide bonds. The predicted molar refractivity (Wildman–Crippen MR) is 100 cm³/mol. The topological polar surface area (TPSA) is 41.5 Å². The molecule has 3 rings (SSSR count). The van der Waals surface area contributed by atoms with E-state index in [4.69, 9.17) is 4.74 Å². The van der Waals surface area contributed by atoms with Gasteiger partial charge in [0.15, 0.2) is 0 Å². The van der Waals surface area contributed by atoms with Gasteiger partial charge in [-0.1, -0.05) is 72.8 Å². The largest absolute Gasteiger partial charge is 0.489 e. The van der Waals surface area contributed by atoms with Crippen LogP contribution in [0.3, 0.4) is 0 Å². The average molecular weight is 333 g/mol. The van der Waals surface area contributed by atoms with Crippen LogP contribution in [0.25, 0.3) is 0 Å². The van der Waals surface area contributed by atoms with Gasteiger partial charge in [0.1, 0.15) is 12.4 Å². The highest BCUT2D eigenvalue weighted by Crippen LogP contribution is 2.16. The number of nitrogens with one attached hydrogen (secondary N) is 1. The highest BCUT2D eigenvalue weighted by Gasteiger charge is 2.06. The highest BCUT2D eigenvalue weighted by atomic mass is 16.5. The van der Waals surface area contributed by atoms with Crippen LogP contribution < -0.4 is 10.1 Å². The van der Waals surface area contributed by atoms with Crippen LogP contribution in [0.15, 0.2) is 84.9 Å². The van der Waals surface area contributed by atoms with Crippen molar-refractivity contribution in [2.75, 3.05) is 6.54 Å². The second kappa shape index (κ2) is 9.02. The zero-order valence-corrected chi connectivity index (χ0v) is 14.1. The lowest BCUT2D eigenvalue weighted by molar-refractivity contribution is 0.174. The van der Waals surface area contributed by atoms with E-state index >= 15 is 0 Å². The molecule has 3 nitrogen and oxygen atoms in total. The summed E-state index contributed by atoms with van der Waals surface area (Å²) in [6, 6.07) is 27.9. The van der Waals surface area contributed by atoms with Gasteiger partial charge in [0, 0.05) is 13.1 Å². The van der Waals surface area contributed by atoms with Crippen LogP contribution in [-0.2, 0) is 13.2 Å². The van der Waals surface area contributed by atoms with Gasteiger partial charge in [0.25, 0.3) is 0 Å². The summed E-state index contributed by atoms with van der Waals surface area (Å²) in [5.41, 5.74) is 3.21. The molecule has 2 N–H and O–H groups in total. The Morgan fingerprint density at radius 1 is 0.800 bits per heavy atom. The smallest absolute Gasteiger partial charge is 0.120 e. The summed E-state index contributed by atoms with van der Waals surface area (Å²) in [5, 5.41) is 13.5. The Morgan fingerprint density at radius 2 is 1.48 bits per heavy atom. The molecular weight excluding hydrogens is 310 g/mol. The molecule has 25 heavy (non-hydrogen) atoms. The first kappa shape index (κ1) is 17.2. The summed E-state index contributed by atoms with van der Waals surface area (Å²) >= 11 is 0. The van der Waals surface area contributed by atoms with Gasteiger partial charge in [0.2, 0.25) is 0 Å². The number of aliphatic hydroxyl groups excluding tert-OH is 1. The normalized spacial score (nSPS) is 11.9. The van der Waals surface area contributed by atoms with E-state index in [0.717, 1.165) is 22.4 Å². The van der Waals surface area contributed by atoms with Gasteiger partial charge >= 0.3 is 0 Å². The first-order valence-electron chi connectivity index (χ1n) is 8.50. The lowest BCUT2D eigenvalue weighted by Gasteiger charge is -2.13. The van der Waals surface area contributed by atoms with Crippen LogP contribution in [0.1, 0.15) is 22.8 Å². The van der Waals surface area contributed by atoms with E-state index in [1.54, 1.807) is 0 Å². The van der Waals surface area contributed by atoms with E-state index in [-0.39, 0.29) is 0 Å². The van der Waals surface area contributed by atoms with E-state index < -0.39 is 6.10 Å². The molecule has 3 heteroatoms. The molecule has 0 saturated heterocycles. The molecule has 0 unspecified atom stereocenters. The van der Waals surface area contributed by atoms with Gasteiger partial charge < -0.3 is 15.2 Å². The lowest BCUT2D eigenvalue weighted by atomic mass is 10.1. The van der Waals surface area contributed by atoms with E-state index in [1.807, 2.05) is 66.7 Å². The maximum absolute atomic E-state index is 10.2. The summed E-state index contributed by atoms with van der Waals surface area (Å²) in [5.74, 6) is 0.853. The number of ether oxygens (including phenoxy) is 1. The Hall–Kier alpha value is -2.62. The second-order valence-corrected chi connectivity index (χ2v) is 5.98. The molecule has 0 fully saturated rings. The monoisotopic (exact) mass is 333 g/mol. The molecule has 0 bridgehead atoms. The Bertz CT molecular complexity index is 759. The number of hydrogen-bond acceptors (Lipinski definition) is 3. The van der Waals surface area contributed by atoms with E-state index in [2.05, 4.69) is 23.5 Å². The molecule has 0 saturated carbocycles. The highest BCUT2D eigenvalue weighted by molar-refractivity contribution is 5.29. The van der Waals surface area contributed by atoms with Crippen molar-refractivity contribution in [2.24, 2.45) is 0 Å². The van der Waals surface area contributed by atoms with E-state index in [0.29, 0.717) is 19.7 Å². The van der Waals surface area contributed by atoms with Crippen molar-refractivity contribution in [3.8, 4) is 5.75 Å². The maximum Gasteiger partial charge on any atom is 0.120 e. The molecule has 128 valence electrons. The third-order valence-corrected chi connectivity index (χ3v) is 4.00. The van der Waals surface area contributed by atoms with Crippen molar-refractivity contribution in [3.63, 3.8) is 0 Å². The molecule has 0 aliphatic heterocycles. The zero-order chi connectivity index (χ0) is 17.3. The number of rotatable bonds is 8. The van der Waals surface area contributed by atoms with E-state index in [9.17, 15) is 5.11 Å². The van der Waals surface area contributed by atoms with Gasteiger partial charge in [-0.3, -0.25) is 0 Å². The molecule has 0 spiro atoms. The van der Waals surface area contributed by atoms with Crippen molar-refractivity contribution in [1.29, 1.82) is 0 Å². The van der Waals surface area contributed by atoms with Crippen LogP contribution in [-0.4, -0.2) is 11.7 Å². The summed E-state index contributed by atoms with van der Waals surface area (Å²) in [6.45, 7) is 1.76. The Morgan fingerprint density at radius 3 is 2.24 bits per heavy atom. The molecule has 0 radical (unpaired) electrons. The minimum atomic E-state index is -0.501. The lowest BCUT2D eigenvalue weighted by Crippen LogP contribution is -2.21. The van der Waals surface area contributed by atoms with Crippen LogP contribution in [0, 0.1) is 0 Å². The fraction of sp³-hybridized carbons (Fsp3) is 0.182. The Balaban J connectivity index is 1.48. The average Bonchev–Trinajstić information content (AvgIpc) is 2.68. The SMILES string of the molecule is O[C@H](CNCc1cccc(OCc2ccccc2)c1)c1ccccc1. The summed E-state index contributed by atoms with van der Waals surface area (Å²) in [6.07, 6.45) is -0.501. The molecule has 0 aliphatic rings. The standard InChI is InChI=1S/C22H23NO2/c24-22(20-11-5-2-6-12-20)16-23-15-19-10-7-13-21(14-19)25-17-18-8-3-1-4-9-18/h1-14,22-24H,15-17H2/t22-/m1/s1. The number of aliphatic hydroxyl groups is 1. The first-order chi connectivity index (χ1) is 12.3. The van der Waals surface area contributed by atoms with Gasteiger partial charge in [-0.2, -0.15) is 0 Å². The number of hydrogen-bond donors (Lipinski definition) is 2.